The van der Waals surface area contributed by atoms with Crippen molar-refractivity contribution in [2.75, 3.05) is 31.2 Å². The molecule has 0 unspecified atom stereocenters. The normalized spacial score (nSPS) is 17.9. The Kier molecular flexibility index (Phi) is 5.90. The topological polar surface area (TPSA) is 91.4 Å². The number of hydrogen-bond donors (Lipinski definition) is 2. The number of sulfonamides is 1. The minimum absolute atomic E-state index is 0.136. The van der Waals surface area contributed by atoms with Gasteiger partial charge < -0.3 is 10.2 Å². The molecule has 1 aliphatic heterocycles. The van der Waals surface area contributed by atoms with Gasteiger partial charge in [-0.3, -0.25) is 0 Å². The molecule has 1 aromatic carbocycles. The van der Waals surface area contributed by atoms with E-state index < -0.39 is 10.0 Å². The van der Waals surface area contributed by atoms with Gasteiger partial charge in [0, 0.05) is 42.5 Å². The van der Waals surface area contributed by atoms with Crippen LogP contribution in [-0.2, 0) is 10.0 Å². The first-order valence-corrected chi connectivity index (χ1v) is 11.2. The number of nitrogens with one attached hydrogen (secondary N) is 2. The molecule has 2 heterocycles. The first-order valence-electron chi connectivity index (χ1n) is 8.41. The molecular weight excluding hydrogens is 372 g/mol. The van der Waals surface area contributed by atoms with Gasteiger partial charge in [0.25, 0.3) is 0 Å². The van der Waals surface area contributed by atoms with Gasteiger partial charge in [-0.1, -0.05) is 0 Å². The lowest BCUT2D eigenvalue weighted by atomic mass is 9.99. The van der Waals surface area contributed by atoms with E-state index in [1.165, 1.54) is 0 Å². The Morgan fingerprint density at radius 2 is 2.12 bits per heavy atom. The number of amides is 2. The number of thiazole rings is 1. The van der Waals surface area contributed by atoms with Gasteiger partial charge >= 0.3 is 6.03 Å². The Labute approximate surface area is 157 Å². The summed E-state index contributed by atoms with van der Waals surface area (Å²) >= 11 is 1.57. The highest BCUT2D eigenvalue weighted by Gasteiger charge is 2.24. The average molecular weight is 395 g/mol. The second-order valence-corrected chi connectivity index (χ2v) is 9.15. The number of benzene rings is 1. The third kappa shape index (κ3) is 5.26. The Morgan fingerprint density at radius 1 is 1.35 bits per heavy atom. The molecule has 0 radical (unpaired) electrons. The number of piperidine rings is 1. The second kappa shape index (κ2) is 8.15. The van der Waals surface area contributed by atoms with E-state index in [-0.39, 0.29) is 11.9 Å². The molecule has 1 aromatic heterocycles. The minimum Gasteiger partial charge on any atom is -0.324 e. The lowest BCUT2D eigenvalue weighted by Gasteiger charge is -2.32. The maximum Gasteiger partial charge on any atom is 0.321 e. The number of likely N-dealkylation sites (tertiary alicyclic amines) is 1. The summed E-state index contributed by atoms with van der Waals surface area (Å²) in [5, 5.41) is 5.78. The molecule has 2 amide bonds. The van der Waals surface area contributed by atoms with E-state index in [0.29, 0.717) is 19.6 Å². The molecule has 26 heavy (non-hydrogen) atoms. The van der Waals surface area contributed by atoms with Gasteiger partial charge in [-0.15, -0.1) is 11.3 Å². The molecule has 0 spiro atoms. The van der Waals surface area contributed by atoms with E-state index in [4.69, 9.17) is 0 Å². The summed E-state index contributed by atoms with van der Waals surface area (Å²) < 4.78 is 25.0. The fourth-order valence-corrected chi connectivity index (χ4v) is 4.13. The van der Waals surface area contributed by atoms with Crippen molar-refractivity contribution in [3.05, 3.63) is 35.8 Å². The zero-order valence-corrected chi connectivity index (χ0v) is 16.1. The van der Waals surface area contributed by atoms with Crippen molar-refractivity contribution in [3.8, 4) is 10.6 Å². The van der Waals surface area contributed by atoms with Crippen LogP contribution in [0, 0.1) is 5.92 Å². The van der Waals surface area contributed by atoms with Crippen LogP contribution < -0.4 is 10.0 Å². The molecule has 1 aliphatic rings. The third-order valence-corrected chi connectivity index (χ3v) is 5.77. The summed E-state index contributed by atoms with van der Waals surface area (Å²) in [6.07, 6.45) is 4.69. The quantitative estimate of drug-likeness (QED) is 0.815. The Hall–Kier alpha value is -1.97. The molecular formula is C17H22N4O3S2. The van der Waals surface area contributed by atoms with E-state index >= 15 is 0 Å². The van der Waals surface area contributed by atoms with Crippen molar-refractivity contribution in [1.82, 2.24) is 14.6 Å². The van der Waals surface area contributed by atoms with Crippen LogP contribution in [0.25, 0.3) is 10.6 Å². The maximum atomic E-state index is 12.5. The Morgan fingerprint density at radius 3 is 2.77 bits per heavy atom. The number of hydrogen-bond acceptors (Lipinski definition) is 5. The van der Waals surface area contributed by atoms with Crippen molar-refractivity contribution >= 4 is 33.1 Å². The van der Waals surface area contributed by atoms with Gasteiger partial charge in [-0.25, -0.2) is 22.9 Å². The molecule has 0 bridgehead atoms. The Balaban J connectivity index is 1.55. The van der Waals surface area contributed by atoms with Crippen molar-refractivity contribution in [2.24, 2.45) is 5.92 Å². The fourth-order valence-electron chi connectivity index (χ4n) is 2.95. The molecule has 140 valence electrons. The van der Waals surface area contributed by atoms with E-state index in [2.05, 4.69) is 15.0 Å². The summed E-state index contributed by atoms with van der Waals surface area (Å²) in [5.41, 5.74) is 1.74. The number of anilines is 1. The van der Waals surface area contributed by atoms with Crippen LogP contribution in [0.15, 0.2) is 35.8 Å². The zero-order valence-electron chi connectivity index (χ0n) is 14.5. The van der Waals surface area contributed by atoms with Crippen LogP contribution in [0.4, 0.5) is 10.5 Å². The zero-order chi connectivity index (χ0) is 18.6. The Bertz CT molecular complexity index is 835. The van der Waals surface area contributed by atoms with Crippen LogP contribution in [0.2, 0.25) is 0 Å². The SMILES string of the molecule is CS(=O)(=O)NC[C@H]1CCCN(C(=O)Nc2ccc(-c3nccs3)cc2)C1. The monoisotopic (exact) mass is 394 g/mol. The number of nitrogens with zero attached hydrogens (tertiary/aromatic N) is 2. The van der Waals surface area contributed by atoms with Gasteiger partial charge in [0.1, 0.15) is 5.01 Å². The molecule has 1 saturated heterocycles. The molecule has 0 saturated carbocycles. The van der Waals surface area contributed by atoms with Crippen molar-refractivity contribution in [1.29, 1.82) is 0 Å². The summed E-state index contributed by atoms with van der Waals surface area (Å²) in [6.45, 7) is 1.59. The summed E-state index contributed by atoms with van der Waals surface area (Å²) in [5.74, 6) is 0.136. The number of carbonyl (C=O) groups is 1. The molecule has 1 fully saturated rings. The number of aromatic nitrogens is 1. The van der Waals surface area contributed by atoms with E-state index in [0.717, 1.165) is 35.4 Å². The average Bonchev–Trinajstić information content (AvgIpc) is 3.15. The molecule has 7 nitrogen and oxygen atoms in total. The van der Waals surface area contributed by atoms with Crippen molar-refractivity contribution < 1.29 is 13.2 Å². The van der Waals surface area contributed by atoms with Crippen molar-refractivity contribution in [2.45, 2.75) is 12.8 Å². The minimum atomic E-state index is -3.21. The van der Waals surface area contributed by atoms with Crippen molar-refractivity contribution in [3.63, 3.8) is 0 Å². The standard InChI is InChI=1S/C17H22N4O3S2/c1-26(23,24)19-11-13-3-2-9-21(12-13)17(22)20-15-6-4-14(5-7-15)16-18-8-10-25-16/h4-8,10,13,19H,2-3,9,11-12H2,1H3,(H,20,22)/t13-/m1/s1. The lowest BCUT2D eigenvalue weighted by molar-refractivity contribution is 0.178. The van der Waals surface area contributed by atoms with Crippen LogP contribution in [0.1, 0.15) is 12.8 Å². The predicted molar refractivity (Wildman–Crippen MR) is 104 cm³/mol. The highest BCUT2D eigenvalue weighted by atomic mass is 32.2. The van der Waals surface area contributed by atoms with E-state index in [1.807, 2.05) is 29.6 Å². The van der Waals surface area contributed by atoms with Gasteiger partial charge in [-0.05, 0) is 43.0 Å². The van der Waals surface area contributed by atoms with Crippen LogP contribution in [-0.4, -0.2) is 50.2 Å². The molecule has 1 atom stereocenters. The number of carbonyl (C=O) groups excluding carboxylic acids is 1. The predicted octanol–water partition coefficient (Wildman–Crippen LogP) is 2.60. The molecule has 3 rings (SSSR count). The highest BCUT2D eigenvalue weighted by Crippen LogP contribution is 2.24. The molecule has 0 aliphatic carbocycles. The highest BCUT2D eigenvalue weighted by molar-refractivity contribution is 7.88. The summed E-state index contributed by atoms with van der Waals surface area (Å²) in [4.78, 5) is 18.5. The van der Waals surface area contributed by atoms with Gasteiger partial charge in [-0.2, -0.15) is 0 Å². The summed E-state index contributed by atoms with van der Waals surface area (Å²) in [6, 6.07) is 7.44. The van der Waals surface area contributed by atoms with E-state index in [1.54, 1.807) is 22.4 Å². The first-order chi connectivity index (χ1) is 12.4. The lowest BCUT2D eigenvalue weighted by Crippen LogP contribution is -2.45. The smallest absolute Gasteiger partial charge is 0.321 e. The van der Waals surface area contributed by atoms with Gasteiger partial charge in [0.15, 0.2) is 0 Å². The third-order valence-electron chi connectivity index (χ3n) is 4.26. The van der Waals surface area contributed by atoms with Crippen LogP contribution in [0.3, 0.4) is 0 Å². The van der Waals surface area contributed by atoms with Crippen LogP contribution in [0.5, 0.6) is 0 Å². The van der Waals surface area contributed by atoms with Gasteiger partial charge in [0.05, 0.1) is 6.26 Å². The number of rotatable bonds is 5. The first kappa shape index (κ1) is 18.8. The number of urea groups is 1. The largest absolute Gasteiger partial charge is 0.324 e. The fraction of sp³-hybridized carbons (Fsp3) is 0.412. The van der Waals surface area contributed by atoms with E-state index in [9.17, 15) is 13.2 Å². The maximum absolute atomic E-state index is 12.5. The second-order valence-electron chi connectivity index (χ2n) is 6.42. The molecule has 2 aromatic rings. The summed E-state index contributed by atoms with van der Waals surface area (Å²) in [7, 11) is -3.21. The van der Waals surface area contributed by atoms with Crippen LogP contribution >= 0.6 is 11.3 Å². The molecule has 9 heteroatoms. The molecule has 2 N–H and O–H groups in total. The van der Waals surface area contributed by atoms with Gasteiger partial charge in [0.2, 0.25) is 10.0 Å².